The van der Waals surface area contributed by atoms with Gasteiger partial charge in [-0.3, -0.25) is 4.79 Å². The van der Waals surface area contributed by atoms with Crippen LogP contribution in [0.3, 0.4) is 0 Å². The molecule has 0 saturated heterocycles. The fourth-order valence-electron chi connectivity index (χ4n) is 3.31. The maximum absolute atomic E-state index is 13.1. The Kier molecular flexibility index (Phi) is 6.71. The molecule has 33 heavy (non-hydrogen) atoms. The van der Waals surface area contributed by atoms with Gasteiger partial charge in [-0.25, -0.2) is 4.79 Å². The van der Waals surface area contributed by atoms with Gasteiger partial charge in [0.05, 0.1) is 17.1 Å². The lowest BCUT2D eigenvalue weighted by Crippen LogP contribution is -2.34. The lowest BCUT2D eigenvalue weighted by Gasteiger charge is -2.22. The summed E-state index contributed by atoms with van der Waals surface area (Å²) in [7, 11) is 0. The van der Waals surface area contributed by atoms with E-state index in [1.54, 1.807) is 6.07 Å². The van der Waals surface area contributed by atoms with E-state index in [1.165, 1.54) is 23.1 Å². The van der Waals surface area contributed by atoms with Crippen LogP contribution in [-0.2, 0) is 17.9 Å². The number of carboxylic acid groups (broad SMARTS) is 1. The summed E-state index contributed by atoms with van der Waals surface area (Å²) in [6.45, 7) is 0.0472. The van der Waals surface area contributed by atoms with Crippen molar-refractivity contribution in [3.63, 3.8) is 0 Å². The van der Waals surface area contributed by atoms with Crippen molar-refractivity contribution in [1.29, 1.82) is 0 Å². The van der Waals surface area contributed by atoms with Gasteiger partial charge in [0.1, 0.15) is 5.75 Å². The van der Waals surface area contributed by atoms with Crippen molar-refractivity contribution in [2.75, 3.05) is 6.61 Å². The highest BCUT2D eigenvalue weighted by molar-refractivity contribution is 6.39. The van der Waals surface area contributed by atoms with Gasteiger partial charge in [-0.15, -0.1) is 10.2 Å². The third kappa shape index (κ3) is 5.39. The Morgan fingerprint density at radius 2 is 1.85 bits per heavy atom. The number of fused-ring (bicyclic) bond motifs is 1. The van der Waals surface area contributed by atoms with Crippen LogP contribution in [0.25, 0.3) is 10.8 Å². The maximum atomic E-state index is 13.1. The molecular formula is C22H17Cl2N5O4. The van der Waals surface area contributed by atoms with Gasteiger partial charge in [-0.2, -0.15) is 5.21 Å². The third-order valence-corrected chi connectivity index (χ3v) is 5.33. The Labute approximate surface area is 197 Å². The molecule has 1 heterocycles. The summed E-state index contributed by atoms with van der Waals surface area (Å²) in [5.74, 6) is -0.996. The summed E-state index contributed by atoms with van der Waals surface area (Å²) >= 11 is 12.4. The molecule has 9 nitrogen and oxygen atoms in total. The molecule has 0 bridgehead atoms. The number of aromatic nitrogens is 4. The topological polar surface area (TPSA) is 121 Å². The number of aromatic amines is 1. The van der Waals surface area contributed by atoms with E-state index in [1.807, 2.05) is 30.3 Å². The second kappa shape index (κ2) is 9.85. The molecule has 3 aromatic carbocycles. The molecule has 0 saturated carbocycles. The van der Waals surface area contributed by atoms with E-state index in [9.17, 15) is 14.7 Å². The van der Waals surface area contributed by atoms with E-state index in [-0.39, 0.29) is 35.4 Å². The number of carbonyl (C=O) groups is 2. The number of halogens is 2. The number of tetrazole rings is 1. The van der Waals surface area contributed by atoms with Crippen LogP contribution in [0, 0.1) is 0 Å². The molecule has 0 aliphatic carbocycles. The minimum Gasteiger partial charge on any atom is -0.483 e. The van der Waals surface area contributed by atoms with Crippen molar-refractivity contribution in [2.24, 2.45) is 0 Å². The molecule has 2 N–H and O–H groups in total. The van der Waals surface area contributed by atoms with Crippen LogP contribution in [0.5, 0.6) is 5.75 Å². The Hall–Kier alpha value is -3.69. The second-order valence-corrected chi connectivity index (χ2v) is 7.96. The molecule has 0 fully saturated rings. The van der Waals surface area contributed by atoms with E-state index in [0.29, 0.717) is 28.2 Å². The number of hydrogen-bond donors (Lipinski definition) is 2. The number of hydrogen-bond acceptors (Lipinski definition) is 6. The molecule has 4 rings (SSSR count). The number of nitrogens with zero attached hydrogens (tertiary/aromatic N) is 4. The molecule has 0 unspecified atom stereocenters. The first kappa shape index (κ1) is 22.5. The average Bonchev–Trinajstić information content (AvgIpc) is 3.30. The van der Waals surface area contributed by atoms with Crippen LogP contribution in [0.4, 0.5) is 0 Å². The van der Waals surface area contributed by atoms with Crippen LogP contribution < -0.4 is 4.74 Å². The van der Waals surface area contributed by atoms with Gasteiger partial charge < -0.3 is 14.7 Å². The zero-order valence-corrected chi connectivity index (χ0v) is 18.5. The van der Waals surface area contributed by atoms with E-state index in [2.05, 4.69) is 20.6 Å². The number of carboxylic acids is 1. The van der Waals surface area contributed by atoms with Gasteiger partial charge in [-0.1, -0.05) is 58.7 Å². The van der Waals surface area contributed by atoms with Crippen LogP contribution in [0.15, 0.2) is 54.6 Å². The van der Waals surface area contributed by atoms with E-state index >= 15 is 0 Å². The number of nitrogens with one attached hydrogen (secondary N) is 1. The molecule has 11 heteroatoms. The number of rotatable bonds is 8. The molecule has 0 spiro atoms. The second-order valence-electron chi connectivity index (χ2n) is 7.12. The number of benzene rings is 3. The van der Waals surface area contributed by atoms with Crippen molar-refractivity contribution in [1.82, 2.24) is 25.5 Å². The first-order valence-electron chi connectivity index (χ1n) is 9.73. The quantitative estimate of drug-likeness (QED) is 0.387. The summed E-state index contributed by atoms with van der Waals surface area (Å²) in [5.41, 5.74) is 0.890. The lowest BCUT2D eigenvalue weighted by molar-refractivity contribution is -0.134. The van der Waals surface area contributed by atoms with E-state index in [4.69, 9.17) is 27.9 Å². The molecule has 1 aromatic heterocycles. The van der Waals surface area contributed by atoms with Gasteiger partial charge in [0.15, 0.2) is 12.4 Å². The van der Waals surface area contributed by atoms with Crippen LogP contribution in [-0.4, -0.2) is 49.1 Å². The maximum Gasteiger partial charge on any atom is 0.335 e. The minimum absolute atomic E-state index is 0.0174. The zero-order valence-electron chi connectivity index (χ0n) is 17.0. The summed E-state index contributed by atoms with van der Waals surface area (Å²) in [6.07, 6.45) is 0. The van der Waals surface area contributed by atoms with Crippen molar-refractivity contribution >= 4 is 45.9 Å². The van der Waals surface area contributed by atoms with Gasteiger partial charge in [0, 0.05) is 17.0 Å². The summed E-state index contributed by atoms with van der Waals surface area (Å²) in [6, 6.07) is 15.3. The van der Waals surface area contributed by atoms with Crippen LogP contribution >= 0.6 is 23.2 Å². The molecule has 1 amide bonds. The molecule has 0 atom stereocenters. The molecular weight excluding hydrogens is 469 g/mol. The van der Waals surface area contributed by atoms with Gasteiger partial charge >= 0.3 is 5.97 Å². The SMILES string of the molecule is O=C(O)c1cc(OCC(=O)N(Cc2ccccc2)Cc2nn[nH]n2)c2c(Cl)cc(Cl)cc2c1. The van der Waals surface area contributed by atoms with Crippen molar-refractivity contribution in [3.05, 3.63) is 81.6 Å². The highest BCUT2D eigenvalue weighted by Gasteiger charge is 2.20. The Morgan fingerprint density at radius 1 is 1.06 bits per heavy atom. The average molecular weight is 486 g/mol. The smallest absolute Gasteiger partial charge is 0.335 e. The fraction of sp³-hybridized carbons (Fsp3) is 0.136. The summed E-state index contributed by atoms with van der Waals surface area (Å²) in [4.78, 5) is 26.2. The molecule has 168 valence electrons. The Morgan fingerprint density at radius 3 is 2.55 bits per heavy atom. The first-order valence-corrected chi connectivity index (χ1v) is 10.5. The number of H-pyrrole nitrogens is 1. The predicted molar refractivity (Wildman–Crippen MR) is 121 cm³/mol. The number of amides is 1. The number of carbonyl (C=O) groups excluding carboxylic acids is 1. The number of ether oxygens (including phenoxy) is 1. The van der Waals surface area contributed by atoms with Gasteiger partial charge in [0.2, 0.25) is 0 Å². The molecule has 0 radical (unpaired) electrons. The minimum atomic E-state index is -1.15. The monoisotopic (exact) mass is 485 g/mol. The summed E-state index contributed by atoms with van der Waals surface area (Å²) in [5, 5.41) is 24.8. The third-order valence-electron chi connectivity index (χ3n) is 4.82. The highest BCUT2D eigenvalue weighted by Crippen LogP contribution is 2.36. The van der Waals surface area contributed by atoms with Gasteiger partial charge in [0.25, 0.3) is 5.91 Å². The zero-order chi connectivity index (χ0) is 23.4. The van der Waals surface area contributed by atoms with Crippen LogP contribution in [0.1, 0.15) is 21.7 Å². The molecule has 0 aliphatic heterocycles. The highest BCUT2D eigenvalue weighted by atomic mass is 35.5. The molecule has 4 aromatic rings. The normalized spacial score (nSPS) is 10.8. The lowest BCUT2D eigenvalue weighted by atomic mass is 10.1. The standard InChI is InChI=1S/C22H17Cl2N5O4/c23-16-7-14-6-15(22(31)32)8-18(21(14)17(24)9-16)33-12-20(30)29(11-19-25-27-28-26-19)10-13-4-2-1-3-5-13/h1-9H,10-12H2,(H,31,32)(H,25,26,27,28). The van der Waals surface area contributed by atoms with Crippen molar-refractivity contribution in [3.8, 4) is 5.75 Å². The van der Waals surface area contributed by atoms with Crippen molar-refractivity contribution in [2.45, 2.75) is 13.1 Å². The van der Waals surface area contributed by atoms with E-state index in [0.717, 1.165) is 5.56 Å². The predicted octanol–water partition coefficient (Wildman–Crippen LogP) is 3.97. The largest absolute Gasteiger partial charge is 0.483 e. The molecule has 0 aliphatic rings. The Balaban J connectivity index is 1.60. The first-order chi connectivity index (χ1) is 15.9. The van der Waals surface area contributed by atoms with Crippen LogP contribution in [0.2, 0.25) is 10.0 Å². The van der Waals surface area contributed by atoms with E-state index < -0.39 is 5.97 Å². The Bertz CT molecular complexity index is 1300. The fourth-order valence-corrected chi connectivity index (χ4v) is 3.92. The van der Waals surface area contributed by atoms with Crippen molar-refractivity contribution < 1.29 is 19.4 Å². The summed E-state index contributed by atoms with van der Waals surface area (Å²) < 4.78 is 5.78. The van der Waals surface area contributed by atoms with Gasteiger partial charge in [-0.05, 0) is 35.2 Å². The number of aromatic carboxylic acids is 1.